The summed E-state index contributed by atoms with van der Waals surface area (Å²) in [6.45, 7) is 4.41. The van der Waals surface area contributed by atoms with E-state index in [1.165, 1.54) is 23.6 Å². The molecule has 2 fully saturated rings. The molecule has 6 atom stereocenters. The number of amides is 1. The van der Waals surface area contributed by atoms with Crippen molar-refractivity contribution >= 4 is 33.8 Å². The summed E-state index contributed by atoms with van der Waals surface area (Å²) in [5, 5.41) is 34.5. The van der Waals surface area contributed by atoms with Crippen molar-refractivity contribution in [2.75, 3.05) is 13.1 Å². The molecule has 0 unspecified atom stereocenters. The molecular formula is C23H29N5O6S2. The molecule has 0 aromatic heterocycles. The van der Waals surface area contributed by atoms with E-state index < -0.39 is 34.2 Å². The van der Waals surface area contributed by atoms with E-state index in [9.17, 15) is 33.5 Å². The molecule has 4 rings (SSSR count). The number of likely N-dealkylation sites (tertiary alicyclic amines) is 1. The van der Waals surface area contributed by atoms with Gasteiger partial charge in [-0.2, -0.15) is 13.7 Å². The lowest BCUT2D eigenvalue weighted by molar-refractivity contribution is -0.163. The van der Waals surface area contributed by atoms with Crippen molar-refractivity contribution in [2.24, 2.45) is 17.0 Å². The van der Waals surface area contributed by atoms with Crippen LogP contribution in [0.15, 0.2) is 34.9 Å². The first kappa shape index (κ1) is 26.6. The number of hydrogen-bond donors (Lipinski definition) is 4. The molecule has 36 heavy (non-hydrogen) atoms. The molecule has 194 valence electrons. The first-order chi connectivity index (χ1) is 16.9. The van der Waals surface area contributed by atoms with Gasteiger partial charge in [0.05, 0.1) is 29.7 Å². The Balaban J connectivity index is 1.57. The predicted molar refractivity (Wildman–Crippen MR) is 132 cm³/mol. The second kappa shape index (κ2) is 10.1. The zero-order valence-electron chi connectivity index (χ0n) is 19.9. The number of nitriles is 1. The topological polar surface area (TPSA) is 177 Å². The van der Waals surface area contributed by atoms with E-state index in [1.54, 1.807) is 12.1 Å². The van der Waals surface area contributed by atoms with Gasteiger partial charge in [-0.3, -0.25) is 9.69 Å². The van der Waals surface area contributed by atoms with Gasteiger partial charge in [0.25, 0.3) is 10.2 Å². The number of rotatable bonds is 9. The first-order valence-corrected chi connectivity index (χ1v) is 14.0. The number of hydrogen-bond acceptors (Lipinski definition) is 8. The van der Waals surface area contributed by atoms with Crippen LogP contribution in [0.4, 0.5) is 0 Å². The van der Waals surface area contributed by atoms with E-state index in [-0.39, 0.29) is 35.4 Å². The van der Waals surface area contributed by atoms with Gasteiger partial charge < -0.3 is 15.1 Å². The Morgan fingerprint density at radius 2 is 2.08 bits per heavy atom. The standard InChI is InChI=1S/C23H29N5O6S2/c1-12-19-18(13(2)29)22(30)28(19)20(23(31)32)21(12)35-17-7-16(9-26-36(25,33)34)27(11-17)10-15-6-4-3-5-14(15)8-24/h3-6,12-13,16-19,26,29H,7,9-11H2,1-2H3,(H,31,32)(H2,25,33,34)/t12-,13-,16+,17+,18-,19-/m1/s1. The van der Waals surface area contributed by atoms with E-state index >= 15 is 0 Å². The van der Waals surface area contributed by atoms with Crippen molar-refractivity contribution in [3.63, 3.8) is 0 Å². The summed E-state index contributed by atoms with van der Waals surface area (Å²) in [5.74, 6) is -2.46. The third-order valence-electron chi connectivity index (χ3n) is 7.13. The fraction of sp³-hybridized carbons (Fsp3) is 0.522. The molecule has 5 N–H and O–H groups in total. The van der Waals surface area contributed by atoms with E-state index in [0.29, 0.717) is 30.0 Å². The minimum absolute atomic E-state index is 0.0353. The van der Waals surface area contributed by atoms with Gasteiger partial charge in [-0.05, 0) is 25.0 Å². The fourth-order valence-electron chi connectivity index (χ4n) is 5.49. The number of carbonyl (C=O) groups is 2. The van der Waals surface area contributed by atoms with Crippen molar-refractivity contribution in [2.45, 2.75) is 50.3 Å². The first-order valence-electron chi connectivity index (χ1n) is 11.6. The quantitative estimate of drug-likeness (QED) is 0.321. The lowest BCUT2D eigenvalue weighted by atomic mass is 9.79. The normalized spacial score (nSPS) is 29.1. The number of fused-ring (bicyclic) bond motifs is 1. The third-order valence-corrected chi connectivity index (χ3v) is 9.19. The van der Waals surface area contributed by atoms with Gasteiger partial charge >= 0.3 is 5.97 Å². The van der Waals surface area contributed by atoms with Gasteiger partial charge in [0.15, 0.2) is 0 Å². The maximum absolute atomic E-state index is 12.6. The Labute approximate surface area is 214 Å². The molecule has 1 aromatic carbocycles. The summed E-state index contributed by atoms with van der Waals surface area (Å²) in [5.41, 5.74) is 1.30. The van der Waals surface area contributed by atoms with Crippen LogP contribution in [0.2, 0.25) is 0 Å². The number of aliphatic carboxylic acids is 1. The smallest absolute Gasteiger partial charge is 0.353 e. The highest BCUT2D eigenvalue weighted by atomic mass is 32.2. The summed E-state index contributed by atoms with van der Waals surface area (Å²) in [6.07, 6.45) is -0.333. The van der Waals surface area contributed by atoms with Crippen LogP contribution >= 0.6 is 11.8 Å². The highest BCUT2D eigenvalue weighted by Gasteiger charge is 2.60. The fourth-order valence-corrected chi connectivity index (χ4v) is 7.51. The number of thioether (sulfide) groups is 1. The average molecular weight is 536 g/mol. The molecule has 3 aliphatic rings. The minimum Gasteiger partial charge on any atom is -0.477 e. The molecule has 3 heterocycles. The second-order valence-corrected chi connectivity index (χ2v) is 12.2. The van der Waals surface area contributed by atoms with Crippen LogP contribution < -0.4 is 9.86 Å². The largest absolute Gasteiger partial charge is 0.477 e. The highest BCUT2D eigenvalue weighted by Crippen LogP contribution is 2.52. The number of nitrogens with zero attached hydrogens (tertiary/aromatic N) is 3. The maximum Gasteiger partial charge on any atom is 0.353 e. The van der Waals surface area contributed by atoms with Crippen molar-refractivity contribution < 1.29 is 28.2 Å². The van der Waals surface area contributed by atoms with Gasteiger partial charge in [-0.25, -0.2) is 14.7 Å². The summed E-state index contributed by atoms with van der Waals surface area (Å²) in [7, 11) is -3.91. The monoisotopic (exact) mass is 535 g/mol. The number of nitrogens with one attached hydrogen (secondary N) is 1. The molecule has 0 radical (unpaired) electrons. The van der Waals surface area contributed by atoms with Gasteiger partial charge in [-0.15, -0.1) is 11.8 Å². The van der Waals surface area contributed by atoms with Crippen molar-refractivity contribution in [1.29, 1.82) is 5.26 Å². The third kappa shape index (κ3) is 5.02. The molecule has 0 bridgehead atoms. The van der Waals surface area contributed by atoms with Crippen molar-refractivity contribution in [1.82, 2.24) is 14.5 Å². The Morgan fingerprint density at radius 1 is 1.39 bits per heavy atom. The average Bonchev–Trinajstić information content (AvgIpc) is 3.28. The number of aliphatic hydroxyl groups excluding tert-OH is 1. The molecule has 1 aromatic rings. The van der Waals surface area contributed by atoms with Crippen LogP contribution in [0.3, 0.4) is 0 Å². The molecule has 0 saturated carbocycles. The van der Waals surface area contributed by atoms with E-state index in [0.717, 1.165) is 5.56 Å². The molecular weight excluding hydrogens is 506 g/mol. The zero-order valence-corrected chi connectivity index (χ0v) is 21.5. The molecule has 0 spiro atoms. The number of carboxylic acids is 1. The Bertz CT molecular complexity index is 1240. The van der Waals surface area contributed by atoms with E-state index in [1.807, 2.05) is 19.1 Å². The number of β-lactam (4-membered cyclic amide) rings is 1. The number of benzene rings is 1. The zero-order chi connectivity index (χ0) is 26.4. The number of carboxylic acid groups (broad SMARTS) is 1. The van der Waals surface area contributed by atoms with Crippen LogP contribution in [-0.2, 0) is 26.3 Å². The number of nitrogens with two attached hydrogens (primary N) is 1. The summed E-state index contributed by atoms with van der Waals surface area (Å²) in [6, 6.07) is 8.72. The Kier molecular flexibility index (Phi) is 7.47. The van der Waals surface area contributed by atoms with Crippen LogP contribution in [0, 0.1) is 23.2 Å². The minimum atomic E-state index is -3.91. The van der Waals surface area contributed by atoms with Crippen LogP contribution in [-0.4, -0.2) is 76.8 Å². The number of carbonyl (C=O) groups excluding carboxylic acids is 1. The molecule has 1 amide bonds. The molecule has 0 aliphatic carbocycles. The Morgan fingerprint density at radius 3 is 2.69 bits per heavy atom. The van der Waals surface area contributed by atoms with E-state index in [2.05, 4.69) is 15.7 Å². The lowest BCUT2D eigenvalue weighted by Crippen LogP contribution is -2.63. The highest BCUT2D eigenvalue weighted by molar-refractivity contribution is 8.03. The molecule has 2 saturated heterocycles. The summed E-state index contributed by atoms with van der Waals surface area (Å²) >= 11 is 1.39. The predicted octanol–water partition coefficient (Wildman–Crippen LogP) is 0.181. The second-order valence-electron chi connectivity index (χ2n) is 9.49. The Hall–Kier alpha value is -2.47. The van der Waals surface area contributed by atoms with Crippen LogP contribution in [0.1, 0.15) is 31.4 Å². The molecule has 3 aliphatic heterocycles. The van der Waals surface area contributed by atoms with Gasteiger partial charge in [0.2, 0.25) is 5.91 Å². The number of aliphatic hydroxyl groups is 1. The summed E-state index contributed by atoms with van der Waals surface area (Å²) in [4.78, 5) is 28.7. The van der Waals surface area contributed by atoms with Crippen molar-refractivity contribution in [3.05, 3.63) is 46.0 Å². The van der Waals surface area contributed by atoms with Gasteiger partial charge in [0, 0.05) is 41.7 Å². The molecule has 13 heteroatoms. The summed E-state index contributed by atoms with van der Waals surface area (Å²) < 4.78 is 25.4. The molecule has 11 nitrogen and oxygen atoms in total. The van der Waals surface area contributed by atoms with E-state index in [4.69, 9.17) is 5.14 Å². The van der Waals surface area contributed by atoms with Crippen LogP contribution in [0.5, 0.6) is 0 Å². The van der Waals surface area contributed by atoms with Gasteiger partial charge in [0.1, 0.15) is 5.70 Å². The van der Waals surface area contributed by atoms with Crippen LogP contribution in [0.25, 0.3) is 0 Å². The lowest BCUT2D eigenvalue weighted by Gasteiger charge is -2.46. The van der Waals surface area contributed by atoms with Gasteiger partial charge in [-0.1, -0.05) is 25.1 Å². The van der Waals surface area contributed by atoms with Crippen molar-refractivity contribution in [3.8, 4) is 6.07 Å². The SMILES string of the molecule is C[C@@H](O)[C@H]1C(=O)N2C(C(=O)O)=C(S[C@H]3C[C@@H](CNS(N)(=O)=O)N(Cc4ccccc4C#N)C3)[C@H](C)[C@H]12. The maximum atomic E-state index is 12.6.